The molecular formula is C13H24N2O4. The maximum absolute atomic E-state index is 12.1. The molecule has 6 heteroatoms. The average Bonchev–Trinajstić information content (AvgIpc) is 2.66. The first-order valence-corrected chi connectivity index (χ1v) is 6.49. The molecule has 0 spiro atoms. The van der Waals surface area contributed by atoms with Gasteiger partial charge >= 0.3 is 5.97 Å². The van der Waals surface area contributed by atoms with Gasteiger partial charge in [0.05, 0.1) is 19.3 Å². The van der Waals surface area contributed by atoms with Gasteiger partial charge in [-0.3, -0.25) is 14.5 Å². The third-order valence-corrected chi connectivity index (χ3v) is 3.17. The summed E-state index contributed by atoms with van der Waals surface area (Å²) in [5, 5.41) is 12.6. The van der Waals surface area contributed by atoms with Crippen LogP contribution in [0.5, 0.6) is 0 Å². The van der Waals surface area contributed by atoms with Gasteiger partial charge in [-0.05, 0) is 27.7 Å². The van der Waals surface area contributed by atoms with E-state index in [0.29, 0.717) is 13.0 Å². The molecule has 0 aromatic rings. The van der Waals surface area contributed by atoms with Crippen molar-refractivity contribution in [2.45, 2.75) is 57.8 Å². The molecule has 1 heterocycles. The Balaban J connectivity index is 2.76. The molecular weight excluding hydrogens is 248 g/mol. The van der Waals surface area contributed by atoms with Crippen molar-refractivity contribution in [3.05, 3.63) is 0 Å². The second kappa shape index (κ2) is 5.88. The number of nitrogens with zero attached hydrogens (tertiary/aromatic N) is 1. The number of hydrogen-bond donors (Lipinski definition) is 2. The van der Waals surface area contributed by atoms with Crippen LogP contribution in [-0.4, -0.2) is 59.3 Å². The molecule has 0 saturated carbocycles. The lowest BCUT2D eigenvalue weighted by Crippen LogP contribution is -2.53. The summed E-state index contributed by atoms with van der Waals surface area (Å²) < 4.78 is 4.72. The molecule has 0 aromatic carbocycles. The van der Waals surface area contributed by atoms with E-state index in [1.165, 1.54) is 7.11 Å². The van der Waals surface area contributed by atoms with Crippen molar-refractivity contribution in [1.29, 1.82) is 0 Å². The van der Waals surface area contributed by atoms with Gasteiger partial charge in [0.1, 0.15) is 6.04 Å². The summed E-state index contributed by atoms with van der Waals surface area (Å²) in [4.78, 5) is 25.5. The number of ether oxygens (including phenoxy) is 1. The number of hydrogen-bond acceptors (Lipinski definition) is 5. The number of amides is 1. The number of β-amino-alcohol motifs (C(OH)–C–C–N with tert-alkyl or cyclic N) is 1. The van der Waals surface area contributed by atoms with E-state index in [1.54, 1.807) is 11.8 Å². The van der Waals surface area contributed by atoms with Crippen LogP contribution in [0.1, 0.15) is 34.1 Å². The van der Waals surface area contributed by atoms with Crippen LogP contribution in [0.15, 0.2) is 0 Å². The number of esters is 1. The summed E-state index contributed by atoms with van der Waals surface area (Å²) >= 11 is 0. The van der Waals surface area contributed by atoms with Crippen molar-refractivity contribution in [3.63, 3.8) is 0 Å². The van der Waals surface area contributed by atoms with Crippen LogP contribution in [0.3, 0.4) is 0 Å². The molecule has 3 unspecified atom stereocenters. The Labute approximate surface area is 114 Å². The highest BCUT2D eigenvalue weighted by Gasteiger charge is 2.41. The van der Waals surface area contributed by atoms with Crippen LogP contribution in [0.4, 0.5) is 0 Å². The Bertz CT molecular complexity index is 351. The minimum Gasteiger partial charge on any atom is -0.468 e. The highest BCUT2D eigenvalue weighted by molar-refractivity contribution is 5.83. The zero-order chi connectivity index (χ0) is 14.8. The number of aliphatic hydroxyl groups excluding tert-OH is 1. The fourth-order valence-electron chi connectivity index (χ4n) is 2.26. The maximum Gasteiger partial charge on any atom is 0.323 e. The van der Waals surface area contributed by atoms with Gasteiger partial charge in [0.2, 0.25) is 5.91 Å². The maximum atomic E-state index is 12.1. The number of likely N-dealkylation sites (tertiary alicyclic amines) is 1. The minimum atomic E-state index is -0.603. The van der Waals surface area contributed by atoms with Gasteiger partial charge < -0.3 is 15.2 Å². The van der Waals surface area contributed by atoms with E-state index in [0.717, 1.165) is 0 Å². The molecule has 110 valence electrons. The number of carbonyl (C=O) groups is 2. The normalized spacial score (nSPS) is 26.0. The largest absolute Gasteiger partial charge is 0.468 e. The fraction of sp³-hybridized carbons (Fsp3) is 0.846. The van der Waals surface area contributed by atoms with Crippen LogP contribution < -0.4 is 5.32 Å². The molecule has 0 radical (unpaired) electrons. The number of methoxy groups -OCH3 is 1. The van der Waals surface area contributed by atoms with Crippen LogP contribution in [-0.2, 0) is 14.3 Å². The van der Waals surface area contributed by atoms with Gasteiger partial charge in [-0.1, -0.05) is 0 Å². The molecule has 0 bridgehead atoms. The quantitative estimate of drug-likeness (QED) is 0.701. The monoisotopic (exact) mass is 272 g/mol. The smallest absolute Gasteiger partial charge is 0.323 e. The molecule has 19 heavy (non-hydrogen) atoms. The molecule has 1 fully saturated rings. The van der Waals surface area contributed by atoms with E-state index < -0.39 is 24.2 Å². The number of nitrogens with one attached hydrogen (secondary N) is 1. The van der Waals surface area contributed by atoms with E-state index in [2.05, 4.69) is 5.32 Å². The van der Waals surface area contributed by atoms with Gasteiger partial charge in [-0.25, -0.2) is 0 Å². The first-order valence-electron chi connectivity index (χ1n) is 6.49. The number of aliphatic hydroxyl groups is 1. The number of rotatable bonds is 3. The van der Waals surface area contributed by atoms with Crippen LogP contribution >= 0.6 is 0 Å². The highest BCUT2D eigenvalue weighted by atomic mass is 16.5. The third-order valence-electron chi connectivity index (χ3n) is 3.17. The first kappa shape index (κ1) is 15.9. The summed E-state index contributed by atoms with van der Waals surface area (Å²) in [6.07, 6.45) is -0.297. The van der Waals surface area contributed by atoms with Crippen LogP contribution in [0.2, 0.25) is 0 Å². The predicted octanol–water partition coefficient (Wildman–Crippen LogP) is -0.102. The summed E-state index contributed by atoms with van der Waals surface area (Å²) in [5.41, 5.74) is -0.329. The summed E-state index contributed by atoms with van der Waals surface area (Å²) in [6, 6.07) is -1.04. The zero-order valence-corrected chi connectivity index (χ0v) is 12.3. The summed E-state index contributed by atoms with van der Waals surface area (Å²) in [7, 11) is 1.31. The van der Waals surface area contributed by atoms with Gasteiger partial charge in [-0.15, -0.1) is 0 Å². The lowest BCUT2D eigenvalue weighted by atomic mass is 10.1. The standard InChI is InChI=1S/C13H24N2O4/c1-8(11(17)14-13(2,3)4)15-7-9(16)6-10(15)12(18)19-5/h8-10,16H,6-7H2,1-5H3,(H,14,17). The molecule has 0 aromatic heterocycles. The molecule has 6 nitrogen and oxygen atoms in total. The molecule has 0 aliphatic carbocycles. The first-order chi connectivity index (χ1) is 8.65. The lowest BCUT2D eigenvalue weighted by molar-refractivity contribution is -0.147. The zero-order valence-electron chi connectivity index (χ0n) is 12.3. The Kier molecular flexibility index (Phi) is 4.92. The molecule has 1 rings (SSSR count). The minimum absolute atomic E-state index is 0.157. The SMILES string of the molecule is COC(=O)C1CC(O)CN1C(C)C(=O)NC(C)(C)C. The van der Waals surface area contributed by atoms with Gasteiger partial charge in [0.15, 0.2) is 0 Å². The predicted molar refractivity (Wildman–Crippen MR) is 70.5 cm³/mol. The third kappa shape index (κ3) is 4.18. The van der Waals surface area contributed by atoms with E-state index in [-0.39, 0.29) is 11.4 Å². The highest BCUT2D eigenvalue weighted by Crippen LogP contribution is 2.22. The summed E-state index contributed by atoms with van der Waals surface area (Å²) in [6.45, 7) is 7.73. The van der Waals surface area contributed by atoms with Crippen molar-refractivity contribution in [2.75, 3.05) is 13.7 Å². The second-order valence-electron chi connectivity index (χ2n) is 6.04. The Morgan fingerprint density at radius 1 is 1.42 bits per heavy atom. The Morgan fingerprint density at radius 2 is 2.00 bits per heavy atom. The molecule has 3 atom stereocenters. The van der Waals surface area contributed by atoms with E-state index in [4.69, 9.17) is 4.74 Å². The Morgan fingerprint density at radius 3 is 2.47 bits per heavy atom. The van der Waals surface area contributed by atoms with E-state index in [1.807, 2.05) is 20.8 Å². The van der Waals surface area contributed by atoms with Crippen molar-refractivity contribution in [2.24, 2.45) is 0 Å². The summed E-state index contributed by atoms with van der Waals surface area (Å²) in [5.74, 6) is -0.567. The molecule has 1 aliphatic heterocycles. The van der Waals surface area contributed by atoms with Gasteiger partial charge in [0.25, 0.3) is 0 Å². The van der Waals surface area contributed by atoms with Crippen molar-refractivity contribution >= 4 is 11.9 Å². The van der Waals surface area contributed by atoms with E-state index in [9.17, 15) is 14.7 Å². The molecule has 1 amide bonds. The lowest BCUT2D eigenvalue weighted by Gasteiger charge is -2.30. The van der Waals surface area contributed by atoms with Crippen LogP contribution in [0.25, 0.3) is 0 Å². The molecule has 1 aliphatic rings. The van der Waals surface area contributed by atoms with Crippen molar-refractivity contribution in [3.8, 4) is 0 Å². The Hall–Kier alpha value is -1.14. The van der Waals surface area contributed by atoms with Crippen molar-refractivity contribution in [1.82, 2.24) is 10.2 Å². The van der Waals surface area contributed by atoms with E-state index >= 15 is 0 Å². The average molecular weight is 272 g/mol. The second-order valence-corrected chi connectivity index (χ2v) is 6.04. The molecule has 1 saturated heterocycles. The number of carbonyl (C=O) groups excluding carboxylic acids is 2. The van der Waals surface area contributed by atoms with Gasteiger partial charge in [0, 0.05) is 18.5 Å². The van der Waals surface area contributed by atoms with Crippen LogP contribution in [0, 0.1) is 0 Å². The molecule has 2 N–H and O–H groups in total. The van der Waals surface area contributed by atoms with Gasteiger partial charge in [-0.2, -0.15) is 0 Å². The topological polar surface area (TPSA) is 78.9 Å². The fourth-order valence-corrected chi connectivity index (χ4v) is 2.26. The van der Waals surface area contributed by atoms with Crippen molar-refractivity contribution < 1.29 is 19.4 Å².